The van der Waals surface area contributed by atoms with Crippen LogP contribution >= 0.6 is 22.9 Å². The Morgan fingerprint density at radius 3 is 2.83 bits per heavy atom. The van der Waals surface area contributed by atoms with Crippen LogP contribution in [0.5, 0.6) is 0 Å². The van der Waals surface area contributed by atoms with E-state index in [9.17, 15) is 4.79 Å². The highest BCUT2D eigenvalue weighted by atomic mass is 35.5. The molecule has 0 fully saturated rings. The summed E-state index contributed by atoms with van der Waals surface area (Å²) in [4.78, 5) is 11.1. The number of hydrogen-bond acceptors (Lipinski definition) is 3. The number of carboxylic acids is 1. The Labute approximate surface area is 114 Å². The van der Waals surface area contributed by atoms with Crippen molar-refractivity contribution in [1.82, 2.24) is 0 Å². The molecule has 0 saturated heterocycles. The van der Waals surface area contributed by atoms with Crippen molar-refractivity contribution in [3.63, 3.8) is 0 Å². The average Bonchev–Trinajstić information content (AvgIpc) is 2.71. The van der Waals surface area contributed by atoms with E-state index in [0.717, 1.165) is 5.56 Å². The van der Waals surface area contributed by atoms with E-state index in [1.54, 1.807) is 29.5 Å². The molecule has 0 saturated carbocycles. The zero-order valence-electron chi connectivity index (χ0n) is 9.74. The second kappa shape index (κ2) is 5.42. The Kier molecular flexibility index (Phi) is 3.89. The molecule has 0 aliphatic carbocycles. The molecule has 2 rings (SSSR count). The molecule has 0 unspecified atom stereocenters. The van der Waals surface area contributed by atoms with Crippen LogP contribution < -0.4 is 5.32 Å². The minimum atomic E-state index is -1.02. The first-order valence-corrected chi connectivity index (χ1v) is 6.69. The lowest BCUT2D eigenvalue weighted by molar-refractivity contribution is 0.0698. The number of aromatic carboxylic acids is 1. The molecular formula is C13H12ClNO2S. The molecule has 0 aliphatic rings. The number of rotatable bonds is 4. The minimum absolute atomic E-state index is 0.118. The van der Waals surface area contributed by atoms with Crippen molar-refractivity contribution in [1.29, 1.82) is 0 Å². The number of aryl methyl sites for hydroxylation is 1. The van der Waals surface area contributed by atoms with Gasteiger partial charge in [-0.15, -0.1) is 0 Å². The fourth-order valence-corrected chi connectivity index (χ4v) is 2.76. The molecule has 94 valence electrons. The normalized spacial score (nSPS) is 10.3. The van der Waals surface area contributed by atoms with Crippen LogP contribution in [0, 0.1) is 6.92 Å². The summed E-state index contributed by atoms with van der Waals surface area (Å²) >= 11 is 7.53. The van der Waals surface area contributed by atoms with Crippen LogP contribution in [0.2, 0.25) is 5.02 Å². The topological polar surface area (TPSA) is 49.3 Å². The summed E-state index contributed by atoms with van der Waals surface area (Å²) in [6.45, 7) is 2.62. The first kappa shape index (κ1) is 12.9. The highest BCUT2D eigenvalue weighted by Gasteiger charge is 2.14. The summed E-state index contributed by atoms with van der Waals surface area (Å²) < 4.78 is 0. The standard InChI is InChI=1S/C13H12ClNO2S/c1-8-6-18-7-9(8)5-15-11-4-2-3-10(14)12(11)13(16)17/h2-4,6-7,15H,5H2,1H3,(H,16,17). The molecule has 0 atom stereocenters. The van der Waals surface area contributed by atoms with Gasteiger partial charge in [0.05, 0.1) is 10.7 Å². The smallest absolute Gasteiger partial charge is 0.339 e. The Bertz CT molecular complexity index is 580. The van der Waals surface area contributed by atoms with Crippen molar-refractivity contribution in [2.24, 2.45) is 0 Å². The van der Waals surface area contributed by atoms with Crippen LogP contribution in [-0.4, -0.2) is 11.1 Å². The summed E-state index contributed by atoms with van der Waals surface area (Å²) in [7, 11) is 0. The fourth-order valence-electron chi connectivity index (χ4n) is 1.65. The van der Waals surface area contributed by atoms with Gasteiger partial charge in [-0.2, -0.15) is 11.3 Å². The van der Waals surface area contributed by atoms with Crippen molar-refractivity contribution >= 4 is 34.6 Å². The van der Waals surface area contributed by atoms with Crippen LogP contribution in [0.4, 0.5) is 5.69 Å². The summed E-state index contributed by atoms with van der Waals surface area (Å²) in [6.07, 6.45) is 0. The van der Waals surface area contributed by atoms with Crippen LogP contribution in [0.25, 0.3) is 0 Å². The molecular weight excluding hydrogens is 270 g/mol. The van der Waals surface area contributed by atoms with E-state index >= 15 is 0 Å². The lowest BCUT2D eigenvalue weighted by Gasteiger charge is -2.10. The van der Waals surface area contributed by atoms with E-state index in [4.69, 9.17) is 16.7 Å². The summed E-state index contributed by atoms with van der Waals surface area (Å²) in [5.41, 5.74) is 3.02. The molecule has 1 heterocycles. The van der Waals surface area contributed by atoms with Gasteiger partial charge in [0.15, 0.2) is 0 Å². The van der Waals surface area contributed by atoms with Gasteiger partial charge in [-0.3, -0.25) is 0 Å². The summed E-state index contributed by atoms with van der Waals surface area (Å²) in [6, 6.07) is 5.03. The number of halogens is 1. The molecule has 3 nitrogen and oxygen atoms in total. The van der Waals surface area contributed by atoms with E-state index in [1.165, 1.54) is 5.56 Å². The maximum atomic E-state index is 11.1. The van der Waals surface area contributed by atoms with E-state index < -0.39 is 5.97 Å². The molecule has 18 heavy (non-hydrogen) atoms. The number of benzene rings is 1. The molecule has 0 bridgehead atoms. The Morgan fingerprint density at radius 2 is 2.22 bits per heavy atom. The van der Waals surface area contributed by atoms with Gasteiger partial charge in [0.25, 0.3) is 0 Å². The quantitative estimate of drug-likeness (QED) is 0.890. The van der Waals surface area contributed by atoms with E-state index in [1.807, 2.05) is 12.3 Å². The summed E-state index contributed by atoms with van der Waals surface area (Å²) in [5, 5.41) is 16.6. The molecule has 1 aromatic carbocycles. The lowest BCUT2D eigenvalue weighted by Crippen LogP contribution is -2.07. The van der Waals surface area contributed by atoms with Gasteiger partial charge >= 0.3 is 5.97 Å². The van der Waals surface area contributed by atoms with E-state index in [2.05, 4.69) is 10.7 Å². The van der Waals surface area contributed by atoms with Crippen molar-refractivity contribution in [3.8, 4) is 0 Å². The van der Waals surface area contributed by atoms with Gasteiger partial charge in [0.2, 0.25) is 0 Å². The number of hydrogen-bond donors (Lipinski definition) is 2. The molecule has 0 amide bonds. The third-order valence-corrected chi connectivity index (χ3v) is 3.88. The third kappa shape index (κ3) is 2.66. The van der Waals surface area contributed by atoms with Gasteiger partial charge in [0.1, 0.15) is 5.56 Å². The largest absolute Gasteiger partial charge is 0.478 e. The molecule has 2 aromatic rings. The van der Waals surface area contributed by atoms with Crippen LogP contribution in [0.3, 0.4) is 0 Å². The summed E-state index contributed by atoms with van der Waals surface area (Å²) in [5.74, 6) is -1.02. The second-order valence-corrected chi connectivity index (χ2v) is 5.05. The maximum Gasteiger partial charge on any atom is 0.339 e. The minimum Gasteiger partial charge on any atom is -0.478 e. The number of carbonyl (C=O) groups is 1. The lowest BCUT2D eigenvalue weighted by atomic mass is 10.1. The SMILES string of the molecule is Cc1cscc1CNc1cccc(Cl)c1C(=O)O. The third-order valence-electron chi connectivity index (χ3n) is 2.66. The fraction of sp³-hybridized carbons (Fsp3) is 0.154. The van der Waals surface area contributed by atoms with Gasteiger partial charge in [0, 0.05) is 6.54 Å². The predicted molar refractivity (Wildman–Crippen MR) is 74.8 cm³/mol. The average molecular weight is 282 g/mol. The monoisotopic (exact) mass is 281 g/mol. The predicted octanol–water partition coefficient (Wildman–Crippen LogP) is 4.02. The van der Waals surface area contributed by atoms with Crippen molar-refractivity contribution in [2.45, 2.75) is 13.5 Å². The van der Waals surface area contributed by atoms with E-state index in [-0.39, 0.29) is 10.6 Å². The number of carboxylic acid groups (broad SMARTS) is 1. The van der Waals surface area contributed by atoms with Crippen molar-refractivity contribution < 1.29 is 9.90 Å². The first-order valence-electron chi connectivity index (χ1n) is 5.37. The highest BCUT2D eigenvalue weighted by Crippen LogP contribution is 2.25. The van der Waals surface area contributed by atoms with Crippen LogP contribution in [-0.2, 0) is 6.54 Å². The number of anilines is 1. The molecule has 0 radical (unpaired) electrons. The molecule has 1 aromatic heterocycles. The maximum absolute atomic E-state index is 11.1. The van der Waals surface area contributed by atoms with Gasteiger partial charge in [-0.25, -0.2) is 4.79 Å². The van der Waals surface area contributed by atoms with Gasteiger partial charge < -0.3 is 10.4 Å². The van der Waals surface area contributed by atoms with Crippen LogP contribution in [0.15, 0.2) is 29.0 Å². The van der Waals surface area contributed by atoms with Crippen LogP contribution in [0.1, 0.15) is 21.5 Å². The van der Waals surface area contributed by atoms with Crippen molar-refractivity contribution in [2.75, 3.05) is 5.32 Å². The molecule has 2 N–H and O–H groups in total. The van der Waals surface area contributed by atoms with Gasteiger partial charge in [-0.1, -0.05) is 17.7 Å². The Hall–Kier alpha value is -1.52. The molecule has 0 spiro atoms. The zero-order chi connectivity index (χ0) is 13.1. The first-order chi connectivity index (χ1) is 8.59. The van der Waals surface area contributed by atoms with Gasteiger partial charge in [-0.05, 0) is 40.9 Å². The van der Waals surface area contributed by atoms with Crippen molar-refractivity contribution in [3.05, 3.63) is 50.7 Å². The number of thiophene rings is 1. The second-order valence-electron chi connectivity index (χ2n) is 3.90. The molecule has 5 heteroatoms. The highest BCUT2D eigenvalue weighted by molar-refractivity contribution is 7.08. The molecule has 0 aliphatic heterocycles. The van der Waals surface area contributed by atoms with E-state index in [0.29, 0.717) is 12.2 Å². The number of nitrogens with one attached hydrogen (secondary N) is 1. The Morgan fingerprint density at radius 1 is 1.44 bits per heavy atom. The zero-order valence-corrected chi connectivity index (χ0v) is 11.3. The Balaban J connectivity index is 2.22.